The van der Waals surface area contributed by atoms with Gasteiger partial charge in [0.1, 0.15) is 11.6 Å². The van der Waals surface area contributed by atoms with E-state index in [9.17, 15) is 4.39 Å². The number of ether oxygens (including phenoxy) is 1. The summed E-state index contributed by atoms with van der Waals surface area (Å²) in [5, 5.41) is 1.05. The molecule has 0 aliphatic rings. The van der Waals surface area contributed by atoms with Crippen molar-refractivity contribution in [3.63, 3.8) is 0 Å². The van der Waals surface area contributed by atoms with E-state index in [1.54, 1.807) is 13.2 Å². The summed E-state index contributed by atoms with van der Waals surface area (Å²) in [6.45, 7) is 0.937. The molecule has 4 heteroatoms. The van der Waals surface area contributed by atoms with Gasteiger partial charge in [0.05, 0.1) is 12.6 Å². The highest BCUT2D eigenvalue weighted by Crippen LogP contribution is 2.26. The predicted octanol–water partition coefficient (Wildman–Crippen LogP) is 3.30. The first-order chi connectivity index (χ1) is 10.2. The van der Waals surface area contributed by atoms with Crippen LogP contribution in [0.4, 0.5) is 4.39 Å². The van der Waals surface area contributed by atoms with E-state index in [0.717, 1.165) is 27.8 Å². The molecule has 0 amide bonds. The van der Waals surface area contributed by atoms with E-state index in [4.69, 9.17) is 10.5 Å². The molecule has 2 N–H and O–H groups in total. The number of nitrogens with two attached hydrogens (primary N) is 1. The van der Waals surface area contributed by atoms with Gasteiger partial charge in [0.25, 0.3) is 0 Å². The van der Waals surface area contributed by atoms with Crippen LogP contribution in [0.5, 0.6) is 5.75 Å². The first-order valence-corrected chi connectivity index (χ1v) is 6.81. The molecule has 0 radical (unpaired) electrons. The number of aromatic nitrogens is 1. The van der Waals surface area contributed by atoms with E-state index in [-0.39, 0.29) is 5.82 Å². The highest BCUT2D eigenvalue weighted by Gasteiger charge is 2.07. The molecule has 0 atom stereocenters. The van der Waals surface area contributed by atoms with E-state index < -0.39 is 0 Å². The Morgan fingerprint density at radius 2 is 1.95 bits per heavy atom. The fraction of sp³-hybridized carbons (Fsp3) is 0.176. The van der Waals surface area contributed by atoms with Gasteiger partial charge >= 0.3 is 0 Å². The fourth-order valence-electron chi connectivity index (χ4n) is 2.63. The van der Waals surface area contributed by atoms with Crippen molar-refractivity contribution < 1.29 is 9.13 Å². The van der Waals surface area contributed by atoms with E-state index in [0.29, 0.717) is 13.1 Å². The maximum Gasteiger partial charge on any atom is 0.128 e. The van der Waals surface area contributed by atoms with Crippen molar-refractivity contribution in [3.8, 4) is 5.75 Å². The molecule has 0 aliphatic carbocycles. The standard InChI is InChI=1S/C17H17FN2O/c1-21-17-4-2-3-16-15(17)5-6-20(16)11-13-7-12(10-19)8-14(18)9-13/h2-9H,10-11,19H2,1H3. The van der Waals surface area contributed by atoms with Gasteiger partial charge in [-0.05, 0) is 41.5 Å². The maximum absolute atomic E-state index is 13.6. The molecular weight excluding hydrogens is 267 g/mol. The van der Waals surface area contributed by atoms with Crippen LogP contribution >= 0.6 is 0 Å². The lowest BCUT2D eigenvalue weighted by atomic mass is 10.1. The van der Waals surface area contributed by atoms with E-state index in [2.05, 4.69) is 4.57 Å². The van der Waals surface area contributed by atoms with Crippen LogP contribution in [-0.2, 0) is 13.1 Å². The Hall–Kier alpha value is -2.33. The van der Waals surface area contributed by atoms with Crippen LogP contribution in [0.1, 0.15) is 11.1 Å². The molecule has 3 nitrogen and oxygen atoms in total. The normalized spacial score (nSPS) is 11.0. The van der Waals surface area contributed by atoms with Gasteiger partial charge in [0, 0.05) is 24.7 Å². The van der Waals surface area contributed by atoms with Gasteiger partial charge in [0.2, 0.25) is 0 Å². The molecule has 0 fully saturated rings. The quantitative estimate of drug-likeness (QED) is 0.798. The van der Waals surface area contributed by atoms with Crippen LogP contribution in [0.3, 0.4) is 0 Å². The molecule has 108 valence electrons. The molecule has 0 spiro atoms. The lowest BCUT2D eigenvalue weighted by Gasteiger charge is -2.09. The number of halogens is 1. The lowest BCUT2D eigenvalue weighted by molar-refractivity contribution is 0.420. The SMILES string of the molecule is COc1cccc2c1ccn2Cc1cc(F)cc(CN)c1. The number of methoxy groups -OCH3 is 1. The highest BCUT2D eigenvalue weighted by atomic mass is 19.1. The summed E-state index contributed by atoms with van der Waals surface area (Å²) in [5.74, 6) is 0.593. The van der Waals surface area contributed by atoms with Crippen molar-refractivity contribution >= 4 is 10.9 Å². The third-order valence-electron chi connectivity index (χ3n) is 3.60. The van der Waals surface area contributed by atoms with Gasteiger partial charge in [-0.2, -0.15) is 0 Å². The van der Waals surface area contributed by atoms with Crippen molar-refractivity contribution in [2.45, 2.75) is 13.1 Å². The Labute approximate surface area is 122 Å². The Morgan fingerprint density at radius 3 is 2.71 bits per heavy atom. The topological polar surface area (TPSA) is 40.2 Å². The second-order valence-corrected chi connectivity index (χ2v) is 5.01. The average molecular weight is 284 g/mol. The highest BCUT2D eigenvalue weighted by molar-refractivity contribution is 5.86. The minimum atomic E-state index is -0.248. The van der Waals surface area contributed by atoms with Gasteiger partial charge in [-0.25, -0.2) is 4.39 Å². The number of rotatable bonds is 4. The Kier molecular flexibility index (Phi) is 3.62. The van der Waals surface area contributed by atoms with Crippen molar-refractivity contribution in [3.05, 3.63) is 65.6 Å². The van der Waals surface area contributed by atoms with Crippen LogP contribution in [0.15, 0.2) is 48.7 Å². The van der Waals surface area contributed by atoms with Gasteiger partial charge in [-0.3, -0.25) is 0 Å². The Morgan fingerprint density at radius 1 is 1.14 bits per heavy atom. The summed E-state index contributed by atoms with van der Waals surface area (Å²) in [6, 6.07) is 12.9. The molecule has 21 heavy (non-hydrogen) atoms. The molecule has 2 aromatic carbocycles. The van der Waals surface area contributed by atoms with E-state index in [1.165, 1.54) is 6.07 Å². The van der Waals surface area contributed by atoms with E-state index in [1.807, 2.05) is 36.5 Å². The third-order valence-corrected chi connectivity index (χ3v) is 3.60. The van der Waals surface area contributed by atoms with Crippen molar-refractivity contribution in [1.82, 2.24) is 4.57 Å². The summed E-state index contributed by atoms with van der Waals surface area (Å²) in [6.07, 6.45) is 1.99. The predicted molar refractivity (Wildman–Crippen MR) is 81.9 cm³/mol. The lowest BCUT2D eigenvalue weighted by Crippen LogP contribution is -2.02. The second kappa shape index (κ2) is 5.58. The first kappa shape index (κ1) is 13.6. The summed E-state index contributed by atoms with van der Waals surface area (Å²) >= 11 is 0. The van der Waals surface area contributed by atoms with Gasteiger partial charge in [-0.15, -0.1) is 0 Å². The van der Waals surface area contributed by atoms with Gasteiger partial charge in [-0.1, -0.05) is 12.1 Å². The summed E-state index contributed by atoms with van der Waals surface area (Å²) in [4.78, 5) is 0. The van der Waals surface area contributed by atoms with Crippen molar-refractivity contribution in [2.75, 3.05) is 7.11 Å². The molecule has 0 unspecified atom stereocenters. The third kappa shape index (κ3) is 2.62. The number of hydrogen-bond acceptors (Lipinski definition) is 2. The zero-order chi connectivity index (χ0) is 14.8. The summed E-state index contributed by atoms with van der Waals surface area (Å²) in [7, 11) is 1.66. The summed E-state index contributed by atoms with van der Waals surface area (Å²) < 4.78 is 21.0. The summed E-state index contributed by atoms with van der Waals surface area (Å²) in [5.41, 5.74) is 8.37. The molecule has 0 saturated carbocycles. The molecule has 1 heterocycles. The van der Waals surface area contributed by atoms with Crippen LogP contribution < -0.4 is 10.5 Å². The van der Waals surface area contributed by atoms with E-state index >= 15 is 0 Å². The number of benzene rings is 2. The van der Waals surface area contributed by atoms with Crippen molar-refractivity contribution in [1.29, 1.82) is 0 Å². The monoisotopic (exact) mass is 284 g/mol. The zero-order valence-electron chi connectivity index (χ0n) is 11.8. The van der Waals surface area contributed by atoms with Crippen LogP contribution in [-0.4, -0.2) is 11.7 Å². The maximum atomic E-state index is 13.6. The first-order valence-electron chi connectivity index (χ1n) is 6.81. The average Bonchev–Trinajstić information content (AvgIpc) is 2.89. The molecule has 1 aromatic heterocycles. The molecule has 0 bridgehead atoms. The van der Waals surface area contributed by atoms with Crippen LogP contribution in [0.2, 0.25) is 0 Å². The fourth-order valence-corrected chi connectivity index (χ4v) is 2.63. The minimum absolute atomic E-state index is 0.248. The Bertz CT molecular complexity index is 780. The van der Waals surface area contributed by atoms with Crippen molar-refractivity contribution in [2.24, 2.45) is 5.73 Å². The molecular formula is C17H17FN2O. The van der Waals surface area contributed by atoms with Crippen LogP contribution in [0.25, 0.3) is 10.9 Å². The van der Waals surface area contributed by atoms with Crippen LogP contribution in [0, 0.1) is 5.82 Å². The zero-order valence-corrected chi connectivity index (χ0v) is 11.8. The molecule has 0 aliphatic heterocycles. The van der Waals surface area contributed by atoms with Gasteiger partial charge in [0.15, 0.2) is 0 Å². The molecule has 3 rings (SSSR count). The molecule has 0 saturated heterocycles. The Balaban J connectivity index is 2.00. The largest absolute Gasteiger partial charge is 0.496 e. The number of nitrogens with zero attached hydrogens (tertiary/aromatic N) is 1. The number of hydrogen-bond donors (Lipinski definition) is 1. The number of fused-ring (bicyclic) bond motifs is 1. The minimum Gasteiger partial charge on any atom is -0.496 e. The smallest absolute Gasteiger partial charge is 0.128 e. The molecule has 3 aromatic rings. The van der Waals surface area contributed by atoms with Gasteiger partial charge < -0.3 is 15.0 Å². The second-order valence-electron chi connectivity index (χ2n) is 5.01.